The van der Waals surface area contributed by atoms with Crippen LogP contribution in [0.4, 0.5) is 4.79 Å². The predicted molar refractivity (Wildman–Crippen MR) is 68.0 cm³/mol. The van der Waals surface area contributed by atoms with Crippen molar-refractivity contribution in [3.8, 4) is 0 Å². The van der Waals surface area contributed by atoms with Crippen LogP contribution in [0.3, 0.4) is 0 Å². The Balaban J connectivity index is 1.66. The van der Waals surface area contributed by atoms with Gasteiger partial charge < -0.3 is 19.8 Å². The summed E-state index contributed by atoms with van der Waals surface area (Å²) in [7, 11) is 0. The summed E-state index contributed by atoms with van der Waals surface area (Å²) in [4.78, 5) is 28.2. The number of carbonyl (C=O) groups excluding carboxylic acids is 1. The van der Waals surface area contributed by atoms with Gasteiger partial charge in [-0.1, -0.05) is 12.1 Å². The molecule has 0 aromatic carbocycles. The van der Waals surface area contributed by atoms with Gasteiger partial charge in [0.25, 0.3) is 0 Å². The van der Waals surface area contributed by atoms with Gasteiger partial charge in [-0.15, -0.1) is 0 Å². The van der Waals surface area contributed by atoms with E-state index in [1.807, 2.05) is 0 Å². The van der Waals surface area contributed by atoms with Crippen LogP contribution in [-0.2, 0) is 11.2 Å². The van der Waals surface area contributed by atoms with Gasteiger partial charge in [0, 0.05) is 38.9 Å². The Hall–Kier alpha value is -2.12. The lowest BCUT2D eigenvalue weighted by atomic mass is 9.87. The van der Waals surface area contributed by atoms with Crippen molar-refractivity contribution in [2.24, 2.45) is 11.8 Å². The summed E-state index contributed by atoms with van der Waals surface area (Å²) in [6.07, 6.45) is 0.506. The van der Waals surface area contributed by atoms with E-state index in [0.29, 0.717) is 37.8 Å². The lowest BCUT2D eigenvalue weighted by Gasteiger charge is -2.41. The van der Waals surface area contributed by atoms with Crippen LogP contribution in [0.1, 0.15) is 18.6 Å². The predicted octanol–water partition coefficient (Wildman–Crippen LogP) is 0.283. The van der Waals surface area contributed by atoms with E-state index in [9.17, 15) is 9.59 Å². The van der Waals surface area contributed by atoms with Crippen molar-refractivity contribution >= 4 is 12.0 Å². The summed E-state index contributed by atoms with van der Waals surface area (Å²) in [5.41, 5.74) is 0. The van der Waals surface area contributed by atoms with E-state index in [-0.39, 0.29) is 11.9 Å². The van der Waals surface area contributed by atoms with Gasteiger partial charge in [-0.25, -0.2) is 4.79 Å². The first-order valence-corrected chi connectivity index (χ1v) is 6.52. The van der Waals surface area contributed by atoms with E-state index in [1.54, 1.807) is 18.7 Å². The molecule has 1 saturated heterocycles. The van der Waals surface area contributed by atoms with Crippen LogP contribution in [0.25, 0.3) is 0 Å². The maximum absolute atomic E-state index is 11.8. The molecule has 2 amide bonds. The van der Waals surface area contributed by atoms with Gasteiger partial charge in [0.1, 0.15) is 0 Å². The van der Waals surface area contributed by atoms with Gasteiger partial charge in [0.2, 0.25) is 5.89 Å². The molecule has 2 rings (SSSR count). The molecule has 1 aromatic rings. The number of urea groups is 1. The molecule has 110 valence electrons. The second-order valence-corrected chi connectivity index (χ2v) is 5.00. The van der Waals surface area contributed by atoms with E-state index >= 15 is 0 Å². The van der Waals surface area contributed by atoms with Gasteiger partial charge in [0.05, 0.1) is 5.92 Å². The number of aliphatic carboxylic acids is 1. The fourth-order valence-electron chi connectivity index (χ4n) is 2.03. The minimum absolute atomic E-state index is 0.0399. The number of carboxylic acid groups (broad SMARTS) is 1. The average Bonchev–Trinajstić information content (AvgIpc) is 2.73. The van der Waals surface area contributed by atoms with Crippen LogP contribution < -0.4 is 5.32 Å². The SMILES string of the molecule is Cc1nc(CCNC(=O)N2CC(C(C)C(=O)O)C2)no1. The summed E-state index contributed by atoms with van der Waals surface area (Å²) in [6, 6.07) is -0.181. The van der Waals surface area contributed by atoms with Gasteiger partial charge in [-0.2, -0.15) is 4.98 Å². The summed E-state index contributed by atoms with van der Waals surface area (Å²) >= 11 is 0. The van der Waals surface area contributed by atoms with E-state index in [4.69, 9.17) is 9.63 Å². The Kier molecular flexibility index (Phi) is 4.21. The first kappa shape index (κ1) is 14.3. The molecule has 8 heteroatoms. The molecule has 20 heavy (non-hydrogen) atoms. The largest absolute Gasteiger partial charge is 0.481 e. The topological polar surface area (TPSA) is 109 Å². The lowest BCUT2D eigenvalue weighted by Crippen LogP contribution is -2.56. The number of aromatic nitrogens is 2. The van der Waals surface area contributed by atoms with E-state index in [2.05, 4.69) is 15.5 Å². The number of carboxylic acids is 1. The lowest BCUT2D eigenvalue weighted by molar-refractivity contribution is -0.144. The highest BCUT2D eigenvalue weighted by molar-refractivity contribution is 5.76. The van der Waals surface area contributed by atoms with Gasteiger partial charge in [0.15, 0.2) is 5.82 Å². The fraction of sp³-hybridized carbons (Fsp3) is 0.667. The molecule has 8 nitrogen and oxygen atoms in total. The molecule has 1 aromatic heterocycles. The maximum atomic E-state index is 11.8. The number of nitrogens with zero attached hydrogens (tertiary/aromatic N) is 3. The molecule has 2 N–H and O–H groups in total. The minimum atomic E-state index is -0.817. The third-order valence-corrected chi connectivity index (χ3v) is 3.49. The molecule has 0 bridgehead atoms. The number of hydrogen-bond donors (Lipinski definition) is 2. The zero-order valence-corrected chi connectivity index (χ0v) is 11.5. The summed E-state index contributed by atoms with van der Waals surface area (Å²) in [6.45, 7) is 4.77. The smallest absolute Gasteiger partial charge is 0.317 e. The maximum Gasteiger partial charge on any atom is 0.317 e. The molecule has 1 aliphatic heterocycles. The molecule has 0 aliphatic carbocycles. The van der Waals surface area contributed by atoms with Crippen molar-refractivity contribution in [2.75, 3.05) is 19.6 Å². The second-order valence-electron chi connectivity index (χ2n) is 5.00. The fourth-order valence-corrected chi connectivity index (χ4v) is 2.03. The zero-order valence-electron chi connectivity index (χ0n) is 11.5. The highest BCUT2D eigenvalue weighted by Gasteiger charge is 2.36. The number of aryl methyl sites for hydroxylation is 1. The van der Waals surface area contributed by atoms with Gasteiger partial charge in [-0.05, 0) is 0 Å². The van der Waals surface area contributed by atoms with Crippen LogP contribution in [0.5, 0.6) is 0 Å². The molecular weight excluding hydrogens is 264 g/mol. The Morgan fingerprint density at radius 1 is 1.55 bits per heavy atom. The average molecular weight is 282 g/mol. The van der Waals surface area contributed by atoms with E-state index < -0.39 is 11.9 Å². The van der Waals surface area contributed by atoms with Crippen LogP contribution in [0.15, 0.2) is 4.52 Å². The number of hydrogen-bond acceptors (Lipinski definition) is 5. The molecule has 1 fully saturated rings. The Bertz CT molecular complexity index is 495. The molecule has 0 saturated carbocycles. The number of likely N-dealkylation sites (tertiary alicyclic amines) is 1. The number of rotatable bonds is 5. The molecule has 2 heterocycles. The summed E-state index contributed by atoms with van der Waals surface area (Å²) in [5.74, 6) is -0.134. The van der Waals surface area contributed by atoms with Gasteiger partial charge >= 0.3 is 12.0 Å². The third-order valence-electron chi connectivity index (χ3n) is 3.49. The molecule has 1 atom stereocenters. The van der Waals surface area contributed by atoms with Gasteiger partial charge in [-0.3, -0.25) is 4.79 Å². The Morgan fingerprint density at radius 2 is 2.25 bits per heavy atom. The van der Waals surface area contributed by atoms with E-state index in [1.165, 1.54) is 0 Å². The first-order chi connectivity index (χ1) is 9.47. The Morgan fingerprint density at radius 3 is 2.80 bits per heavy atom. The van der Waals surface area contributed by atoms with Crippen LogP contribution in [-0.4, -0.2) is 51.8 Å². The van der Waals surface area contributed by atoms with Crippen molar-refractivity contribution < 1.29 is 19.2 Å². The first-order valence-electron chi connectivity index (χ1n) is 6.52. The number of amides is 2. The van der Waals surface area contributed by atoms with Crippen molar-refractivity contribution in [3.63, 3.8) is 0 Å². The second kappa shape index (κ2) is 5.89. The quantitative estimate of drug-likeness (QED) is 0.803. The number of carbonyl (C=O) groups is 2. The molecule has 0 radical (unpaired) electrons. The summed E-state index contributed by atoms with van der Waals surface area (Å²) in [5, 5.41) is 15.3. The van der Waals surface area contributed by atoms with Crippen molar-refractivity contribution in [1.29, 1.82) is 0 Å². The van der Waals surface area contributed by atoms with Crippen molar-refractivity contribution in [3.05, 3.63) is 11.7 Å². The highest BCUT2D eigenvalue weighted by Crippen LogP contribution is 2.23. The number of nitrogens with one attached hydrogen (secondary N) is 1. The highest BCUT2D eigenvalue weighted by atomic mass is 16.5. The standard InChI is InChI=1S/C12H18N4O4/c1-7(11(17)18)9-5-16(6-9)12(19)13-4-3-10-14-8(2)20-15-10/h7,9H,3-6H2,1-2H3,(H,13,19)(H,17,18). The molecule has 0 spiro atoms. The van der Waals surface area contributed by atoms with Crippen LogP contribution in [0, 0.1) is 18.8 Å². The van der Waals surface area contributed by atoms with Crippen molar-refractivity contribution in [2.45, 2.75) is 20.3 Å². The minimum Gasteiger partial charge on any atom is -0.481 e. The molecule has 1 aliphatic rings. The van der Waals surface area contributed by atoms with Crippen LogP contribution in [0.2, 0.25) is 0 Å². The summed E-state index contributed by atoms with van der Waals surface area (Å²) < 4.78 is 4.82. The monoisotopic (exact) mass is 282 g/mol. The van der Waals surface area contributed by atoms with Crippen LogP contribution >= 0.6 is 0 Å². The Labute approximate surface area is 116 Å². The normalized spacial score (nSPS) is 16.6. The van der Waals surface area contributed by atoms with Crippen molar-refractivity contribution in [1.82, 2.24) is 20.4 Å². The molecular formula is C12H18N4O4. The third kappa shape index (κ3) is 3.25. The van der Waals surface area contributed by atoms with E-state index in [0.717, 1.165) is 0 Å². The zero-order chi connectivity index (χ0) is 14.7. The molecule has 1 unspecified atom stereocenters.